The van der Waals surface area contributed by atoms with Crippen molar-refractivity contribution in [2.45, 2.75) is 46.4 Å². The number of ether oxygens (including phenoxy) is 2. The SMILES string of the molecule is CCOC(=O)c1n[nH]nc1-c1cccc2c1CN(C(=O)OC(C)(C)C)C2. The molecule has 8 heteroatoms. The topological polar surface area (TPSA) is 97.4 Å². The van der Waals surface area contributed by atoms with Crippen molar-refractivity contribution >= 4 is 12.1 Å². The molecule has 0 spiro atoms. The molecule has 1 N–H and O–H groups in total. The van der Waals surface area contributed by atoms with Crippen molar-refractivity contribution in [1.82, 2.24) is 20.3 Å². The summed E-state index contributed by atoms with van der Waals surface area (Å²) < 4.78 is 10.5. The molecule has 1 amide bonds. The van der Waals surface area contributed by atoms with Gasteiger partial charge in [-0.25, -0.2) is 9.59 Å². The van der Waals surface area contributed by atoms with Gasteiger partial charge in [-0.3, -0.25) is 4.90 Å². The Labute approximate surface area is 151 Å². The Morgan fingerprint density at radius 3 is 2.69 bits per heavy atom. The van der Waals surface area contributed by atoms with E-state index in [9.17, 15) is 9.59 Å². The van der Waals surface area contributed by atoms with Crippen LogP contribution in [-0.4, -0.2) is 44.6 Å². The number of hydrogen-bond acceptors (Lipinski definition) is 6. The number of fused-ring (bicyclic) bond motifs is 1. The smallest absolute Gasteiger partial charge is 0.410 e. The van der Waals surface area contributed by atoms with Gasteiger partial charge in [0.25, 0.3) is 0 Å². The fraction of sp³-hybridized carbons (Fsp3) is 0.444. The van der Waals surface area contributed by atoms with E-state index in [1.54, 1.807) is 11.8 Å². The number of rotatable bonds is 3. The van der Waals surface area contributed by atoms with Crippen LogP contribution in [0.1, 0.15) is 49.3 Å². The number of nitrogens with one attached hydrogen (secondary N) is 1. The second-order valence-corrected chi connectivity index (χ2v) is 7.02. The standard InChI is InChI=1S/C18H22N4O4/c1-5-25-16(23)15-14(19-21-20-15)12-8-6-7-11-9-22(10-13(11)12)17(24)26-18(2,3)4/h6-8H,5,9-10H2,1-4H3,(H,19,20,21). The van der Waals surface area contributed by atoms with Crippen LogP contribution in [0.25, 0.3) is 11.3 Å². The summed E-state index contributed by atoms with van der Waals surface area (Å²) in [5.74, 6) is -0.532. The van der Waals surface area contributed by atoms with E-state index in [1.807, 2.05) is 39.0 Å². The minimum atomic E-state index is -0.558. The number of benzene rings is 1. The van der Waals surface area contributed by atoms with Gasteiger partial charge in [-0.15, -0.1) is 5.10 Å². The van der Waals surface area contributed by atoms with Crippen molar-refractivity contribution in [3.8, 4) is 11.3 Å². The maximum atomic E-state index is 12.4. The van der Waals surface area contributed by atoms with Crippen molar-refractivity contribution < 1.29 is 19.1 Å². The van der Waals surface area contributed by atoms with Crippen LogP contribution in [0.2, 0.25) is 0 Å². The average Bonchev–Trinajstić information content (AvgIpc) is 3.20. The molecule has 0 fully saturated rings. The summed E-state index contributed by atoms with van der Waals surface area (Å²) in [4.78, 5) is 26.1. The Bertz CT molecular complexity index is 838. The lowest BCUT2D eigenvalue weighted by Gasteiger charge is -2.24. The van der Waals surface area contributed by atoms with Gasteiger partial charge in [0.15, 0.2) is 5.69 Å². The summed E-state index contributed by atoms with van der Waals surface area (Å²) in [5, 5.41) is 10.5. The van der Waals surface area contributed by atoms with Gasteiger partial charge in [-0.2, -0.15) is 10.3 Å². The second kappa shape index (κ2) is 6.78. The first-order valence-corrected chi connectivity index (χ1v) is 8.47. The molecule has 0 radical (unpaired) electrons. The molecule has 8 nitrogen and oxygen atoms in total. The molecule has 2 aromatic rings. The Morgan fingerprint density at radius 1 is 1.23 bits per heavy atom. The molecule has 0 aliphatic carbocycles. The minimum absolute atomic E-state index is 0.135. The molecular weight excluding hydrogens is 336 g/mol. The summed E-state index contributed by atoms with van der Waals surface area (Å²) in [7, 11) is 0. The van der Waals surface area contributed by atoms with Crippen LogP contribution >= 0.6 is 0 Å². The number of hydrogen-bond donors (Lipinski definition) is 1. The molecule has 1 aromatic heterocycles. The minimum Gasteiger partial charge on any atom is -0.461 e. The molecule has 1 aromatic carbocycles. The summed E-state index contributed by atoms with van der Waals surface area (Å²) in [6, 6.07) is 5.68. The van der Waals surface area contributed by atoms with Crippen LogP contribution in [-0.2, 0) is 22.6 Å². The number of aromatic amines is 1. The fourth-order valence-corrected chi connectivity index (χ4v) is 2.86. The molecule has 2 heterocycles. The van der Waals surface area contributed by atoms with E-state index in [0.717, 1.165) is 16.7 Å². The number of H-pyrrole nitrogens is 1. The fourth-order valence-electron chi connectivity index (χ4n) is 2.86. The van der Waals surface area contributed by atoms with Crippen molar-refractivity contribution in [1.29, 1.82) is 0 Å². The zero-order valence-electron chi connectivity index (χ0n) is 15.3. The van der Waals surface area contributed by atoms with Gasteiger partial charge >= 0.3 is 12.1 Å². The normalized spacial score (nSPS) is 13.5. The van der Waals surface area contributed by atoms with Crippen LogP contribution in [0, 0.1) is 0 Å². The Kier molecular flexibility index (Phi) is 4.67. The highest BCUT2D eigenvalue weighted by atomic mass is 16.6. The zero-order valence-corrected chi connectivity index (χ0v) is 15.3. The highest BCUT2D eigenvalue weighted by Crippen LogP contribution is 2.33. The quantitative estimate of drug-likeness (QED) is 0.847. The van der Waals surface area contributed by atoms with Gasteiger partial charge in [0.2, 0.25) is 0 Å². The van der Waals surface area contributed by atoms with Crippen molar-refractivity contribution in [3.63, 3.8) is 0 Å². The molecule has 1 aliphatic rings. The van der Waals surface area contributed by atoms with Gasteiger partial charge in [0, 0.05) is 12.1 Å². The van der Waals surface area contributed by atoms with Gasteiger partial charge in [-0.05, 0) is 38.8 Å². The first kappa shape index (κ1) is 17.9. The molecule has 0 atom stereocenters. The van der Waals surface area contributed by atoms with E-state index >= 15 is 0 Å². The van der Waals surface area contributed by atoms with Crippen LogP contribution < -0.4 is 0 Å². The first-order valence-electron chi connectivity index (χ1n) is 8.47. The van der Waals surface area contributed by atoms with E-state index in [1.165, 1.54) is 0 Å². The lowest BCUT2D eigenvalue weighted by Crippen LogP contribution is -2.33. The highest BCUT2D eigenvalue weighted by molar-refractivity contribution is 5.94. The maximum Gasteiger partial charge on any atom is 0.410 e. The van der Waals surface area contributed by atoms with E-state index < -0.39 is 11.6 Å². The molecule has 0 saturated heterocycles. The van der Waals surface area contributed by atoms with Gasteiger partial charge in [0.05, 0.1) is 13.2 Å². The van der Waals surface area contributed by atoms with Crippen LogP contribution in [0.5, 0.6) is 0 Å². The van der Waals surface area contributed by atoms with Gasteiger partial charge in [-0.1, -0.05) is 18.2 Å². The third-order valence-electron chi connectivity index (χ3n) is 3.91. The summed E-state index contributed by atoms with van der Waals surface area (Å²) in [5.41, 5.74) is 2.68. The van der Waals surface area contributed by atoms with Crippen molar-refractivity contribution in [2.75, 3.05) is 6.61 Å². The number of amides is 1. The third-order valence-corrected chi connectivity index (χ3v) is 3.91. The second-order valence-electron chi connectivity index (χ2n) is 7.02. The Morgan fingerprint density at radius 2 is 2.00 bits per heavy atom. The highest BCUT2D eigenvalue weighted by Gasteiger charge is 2.31. The predicted octanol–water partition coefficient (Wildman–Crippen LogP) is 2.90. The number of nitrogens with zero attached hydrogens (tertiary/aromatic N) is 3. The number of aromatic nitrogens is 3. The van der Waals surface area contributed by atoms with Crippen LogP contribution in [0.3, 0.4) is 0 Å². The van der Waals surface area contributed by atoms with E-state index in [0.29, 0.717) is 18.8 Å². The van der Waals surface area contributed by atoms with E-state index in [4.69, 9.17) is 9.47 Å². The van der Waals surface area contributed by atoms with Crippen molar-refractivity contribution in [2.24, 2.45) is 0 Å². The van der Waals surface area contributed by atoms with Crippen LogP contribution in [0.15, 0.2) is 18.2 Å². The molecule has 1 aliphatic heterocycles. The molecule has 26 heavy (non-hydrogen) atoms. The monoisotopic (exact) mass is 358 g/mol. The van der Waals surface area contributed by atoms with Crippen molar-refractivity contribution in [3.05, 3.63) is 35.0 Å². The third kappa shape index (κ3) is 3.54. The summed E-state index contributed by atoms with van der Waals surface area (Å²) >= 11 is 0. The Balaban J connectivity index is 1.90. The molecular formula is C18H22N4O4. The molecule has 3 rings (SSSR count). The van der Waals surface area contributed by atoms with Gasteiger partial charge < -0.3 is 9.47 Å². The first-order chi connectivity index (χ1) is 12.3. The average molecular weight is 358 g/mol. The zero-order chi connectivity index (χ0) is 18.9. The molecule has 0 bridgehead atoms. The largest absolute Gasteiger partial charge is 0.461 e. The predicted molar refractivity (Wildman–Crippen MR) is 93.3 cm³/mol. The lowest BCUT2D eigenvalue weighted by molar-refractivity contribution is 0.0241. The number of esters is 1. The van der Waals surface area contributed by atoms with E-state index in [2.05, 4.69) is 15.4 Å². The van der Waals surface area contributed by atoms with E-state index in [-0.39, 0.29) is 18.4 Å². The molecule has 138 valence electrons. The van der Waals surface area contributed by atoms with Gasteiger partial charge in [0.1, 0.15) is 11.3 Å². The number of carbonyl (C=O) groups excluding carboxylic acids is 2. The number of carbonyl (C=O) groups is 2. The molecule has 0 unspecified atom stereocenters. The summed E-state index contributed by atoms with van der Waals surface area (Å²) in [6.45, 7) is 8.32. The lowest BCUT2D eigenvalue weighted by atomic mass is 10.00. The maximum absolute atomic E-state index is 12.4. The van der Waals surface area contributed by atoms with Crippen LogP contribution in [0.4, 0.5) is 4.79 Å². The molecule has 0 saturated carbocycles. The Hall–Kier alpha value is -2.90. The summed E-state index contributed by atoms with van der Waals surface area (Å²) in [6.07, 6.45) is -0.370.